The molecular formula is C14H22O. The van der Waals surface area contributed by atoms with E-state index < -0.39 is 0 Å². The van der Waals surface area contributed by atoms with Crippen molar-refractivity contribution in [2.45, 2.75) is 52.9 Å². The Labute approximate surface area is 92.9 Å². The van der Waals surface area contributed by atoms with E-state index >= 15 is 0 Å². The summed E-state index contributed by atoms with van der Waals surface area (Å²) < 4.78 is 0. The summed E-state index contributed by atoms with van der Waals surface area (Å²) in [6.07, 6.45) is 7.95. The highest BCUT2D eigenvalue weighted by molar-refractivity contribution is 5.85. The average molecular weight is 206 g/mol. The van der Waals surface area contributed by atoms with Crippen LogP contribution in [-0.2, 0) is 4.79 Å². The number of Topliss-reactive ketones (excluding diaryl/α,β-unsaturated/α-hetero) is 1. The van der Waals surface area contributed by atoms with Crippen molar-refractivity contribution < 1.29 is 4.79 Å². The lowest BCUT2D eigenvalue weighted by Crippen LogP contribution is -2.27. The summed E-state index contributed by atoms with van der Waals surface area (Å²) in [5, 5.41) is 0. The molecule has 0 N–H and O–H groups in total. The number of allylic oxidation sites excluding steroid dienone is 2. The molecule has 0 aromatic heterocycles. The standard InChI is InChI=1S/C14H22O/c1-10(2)5-4-7-14(3)8-6-13(15)11-9-12(11)14/h5,11-12H,4,6-9H2,1-3H3/t11-,12+,14+/m1/s1. The summed E-state index contributed by atoms with van der Waals surface area (Å²) in [6, 6.07) is 0. The van der Waals surface area contributed by atoms with Crippen LogP contribution in [0, 0.1) is 17.3 Å². The fraction of sp³-hybridized carbons (Fsp3) is 0.786. The Bertz CT molecular complexity index is 298. The van der Waals surface area contributed by atoms with E-state index in [0.29, 0.717) is 17.1 Å². The van der Waals surface area contributed by atoms with Crippen molar-refractivity contribution in [2.75, 3.05) is 0 Å². The van der Waals surface area contributed by atoms with Crippen LogP contribution >= 0.6 is 0 Å². The van der Waals surface area contributed by atoms with E-state index in [1.54, 1.807) is 0 Å². The number of carbonyl (C=O) groups excluding carboxylic acids is 1. The van der Waals surface area contributed by atoms with Gasteiger partial charge in [-0.25, -0.2) is 0 Å². The molecule has 1 heteroatoms. The monoisotopic (exact) mass is 206 g/mol. The van der Waals surface area contributed by atoms with Crippen LogP contribution in [0.2, 0.25) is 0 Å². The number of hydrogen-bond donors (Lipinski definition) is 0. The molecule has 0 aromatic carbocycles. The quantitative estimate of drug-likeness (QED) is 0.643. The second-order valence-corrected chi connectivity index (χ2v) is 5.89. The van der Waals surface area contributed by atoms with Gasteiger partial charge in [0.15, 0.2) is 0 Å². The third kappa shape index (κ3) is 2.16. The van der Waals surface area contributed by atoms with E-state index in [-0.39, 0.29) is 0 Å². The first-order valence-corrected chi connectivity index (χ1v) is 6.19. The Morgan fingerprint density at radius 3 is 2.93 bits per heavy atom. The van der Waals surface area contributed by atoms with Crippen molar-refractivity contribution in [1.29, 1.82) is 0 Å². The lowest BCUT2D eigenvalue weighted by atomic mass is 9.72. The van der Waals surface area contributed by atoms with Gasteiger partial charge in [0.05, 0.1) is 0 Å². The van der Waals surface area contributed by atoms with Gasteiger partial charge in [-0.05, 0) is 50.9 Å². The maximum absolute atomic E-state index is 11.5. The van der Waals surface area contributed by atoms with Crippen molar-refractivity contribution in [3.05, 3.63) is 11.6 Å². The van der Waals surface area contributed by atoms with Crippen LogP contribution in [0.5, 0.6) is 0 Å². The van der Waals surface area contributed by atoms with Crippen LogP contribution in [0.1, 0.15) is 52.9 Å². The van der Waals surface area contributed by atoms with Crippen molar-refractivity contribution in [3.63, 3.8) is 0 Å². The van der Waals surface area contributed by atoms with Crippen molar-refractivity contribution in [1.82, 2.24) is 0 Å². The molecule has 15 heavy (non-hydrogen) atoms. The highest BCUT2D eigenvalue weighted by Gasteiger charge is 2.55. The molecule has 0 heterocycles. The van der Waals surface area contributed by atoms with Gasteiger partial charge in [-0.15, -0.1) is 0 Å². The molecule has 2 aliphatic rings. The Kier molecular flexibility index (Phi) is 2.74. The summed E-state index contributed by atoms with van der Waals surface area (Å²) in [7, 11) is 0. The van der Waals surface area contributed by atoms with Crippen LogP contribution in [0.4, 0.5) is 0 Å². The van der Waals surface area contributed by atoms with Crippen molar-refractivity contribution in [2.24, 2.45) is 17.3 Å². The first kappa shape index (κ1) is 10.9. The number of fused-ring (bicyclic) bond motifs is 1. The molecule has 2 fully saturated rings. The third-order valence-corrected chi connectivity index (χ3v) is 4.31. The Balaban J connectivity index is 1.91. The summed E-state index contributed by atoms with van der Waals surface area (Å²) in [5.41, 5.74) is 1.88. The molecule has 0 bridgehead atoms. The molecule has 0 saturated heterocycles. The van der Waals surface area contributed by atoms with Crippen molar-refractivity contribution >= 4 is 5.78 Å². The minimum absolute atomic E-state index is 0.454. The molecule has 0 aliphatic heterocycles. The Morgan fingerprint density at radius 1 is 1.53 bits per heavy atom. The highest BCUT2D eigenvalue weighted by Crippen LogP contribution is 2.59. The SMILES string of the molecule is CC(C)=CCC[C@@]1(C)CCC(=O)[C@@H]2C[C@@H]21. The minimum atomic E-state index is 0.454. The van der Waals surface area contributed by atoms with Gasteiger partial charge in [-0.3, -0.25) is 4.79 Å². The van der Waals surface area contributed by atoms with Gasteiger partial charge in [-0.1, -0.05) is 18.6 Å². The number of hydrogen-bond acceptors (Lipinski definition) is 1. The summed E-state index contributed by atoms with van der Waals surface area (Å²) in [4.78, 5) is 11.5. The molecule has 3 atom stereocenters. The van der Waals surface area contributed by atoms with E-state index in [9.17, 15) is 4.79 Å². The van der Waals surface area contributed by atoms with Crippen LogP contribution < -0.4 is 0 Å². The predicted molar refractivity (Wildman–Crippen MR) is 62.6 cm³/mol. The fourth-order valence-corrected chi connectivity index (χ4v) is 3.10. The third-order valence-electron chi connectivity index (χ3n) is 4.31. The lowest BCUT2D eigenvalue weighted by molar-refractivity contribution is -0.123. The molecule has 0 radical (unpaired) electrons. The number of carbonyl (C=O) groups is 1. The molecule has 0 spiro atoms. The topological polar surface area (TPSA) is 17.1 Å². The zero-order chi connectivity index (χ0) is 11.1. The normalized spacial score (nSPS) is 38.5. The van der Waals surface area contributed by atoms with E-state index in [1.807, 2.05) is 0 Å². The second kappa shape index (κ2) is 3.77. The van der Waals surface area contributed by atoms with E-state index in [0.717, 1.165) is 18.8 Å². The second-order valence-electron chi connectivity index (χ2n) is 5.89. The highest BCUT2D eigenvalue weighted by atomic mass is 16.1. The summed E-state index contributed by atoms with van der Waals surface area (Å²) in [6.45, 7) is 6.71. The number of ketones is 1. The molecule has 0 amide bonds. The van der Waals surface area contributed by atoms with Crippen LogP contribution in [0.15, 0.2) is 11.6 Å². The molecule has 2 aliphatic carbocycles. The van der Waals surface area contributed by atoms with Gasteiger partial charge in [-0.2, -0.15) is 0 Å². The fourth-order valence-electron chi connectivity index (χ4n) is 3.10. The molecule has 2 saturated carbocycles. The van der Waals surface area contributed by atoms with Gasteiger partial charge in [0.1, 0.15) is 5.78 Å². The first-order valence-electron chi connectivity index (χ1n) is 6.19. The smallest absolute Gasteiger partial charge is 0.136 e. The maximum Gasteiger partial charge on any atom is 0.136 e. The van der Waals surface area contributed by atoms with Gasteiger partial charge in [0.25, 0.3) is 0 Å². The van der Waals surface area contributed by atoms with Crippen LogP contribution in [0.25, 0.3) is 0 Å². The summed E-state index contributed by atoms with van der Waals surface area (Å²) >= 11 is 0. The average Bonchev–Trinajstić information content (AvgIpc) is 2.92. The molecule has 84 valence electrons. The molecule has 0 aromatic rings. The zero-order valence-corrected chi connectivity index (χ0v) is 10.2. The maximum atomic E-state index is 11.5. The first-order chi connectivity index (χ1) is 7.03. The lowest BCUT2D eigenvalue weighted by Gasteiger charge is -2.33. The number of rotatable bonds is 3. The van der Waals surface area contributed by atoms with E-state index in [4.69, 9.17) is 0 Å². The van der Waals surface area contributed by atoms with Gasteiger partial charge < -0.3 is 0 Å². The molecule has 1 nitrogen and oxygen atoms in total. The Morgan fingerprint density at radius 2 is 2.27 bits per heavy atom. The van der Waals surface area contributed by atoms with Gasteiger partial charge >= 0.3 is 0 Å². The van der Waals surface area contributed by atoms with E-state index in [2.05, 4.69) is 26.8 Å². The Hall–Kier alpha value is -0.590. The van der Waals surface area contributed by atoms with Crippen LogP contribution in [-0.4, -0.2) is 5.78 Å². The minimum Gasteiger partial charge on any atom is -0.299 e. The molecule has 2 rings (SSSR count). The van der Waals surface area contributed by atoms with Gasteiger partial charge in [0, 0.05) is 12.3 Å². The van der Waals surface area contributed by atoms with Crippen molar-refractivity contribution in [3.8, 4) is 0 Å². The molecular weight excluding hydrogens is 184 g/mol. The predicted octanol–water partition coefficient (Wildman–Crippen LogP) is 3.74. The van der Waals surface area contributed by atoms with Crippen LogP contribution in [0.3, 0.4) is 0 Å². The summed E-state index contributed by atoms with van der Waals surface area (Å²) in [5.74, 6) is 1.72. The molecule has 0 unspecified atom stereocenters. The van der Waals surface area contributed by atoms with Gasteiger partial charge in [0.2, 0.25) is 0 Å². The van der Waals surface area contributed by atoms with E-state index in [1.165, 1.54) is 24.8 Å². The largest absolute Gasteiger partial charge is 0.299 e. The zero-order valence-electron chi connectivity index (χ0n) is 10.2.